The summed E-state index contributed by atoms with van der Waals surface area (Å²) in [6, 6.07) is 4.80. The van der Waals surface area contributed by atoms with Gasteiger partial charge in [-0.25, -0.2) is 5.01 Å². The van der Waals surface area contributed by atoms with Gasteiger partial charge >= 0.3 is 6.18 Å². The first kappa shape index (κ1) is 22.0. The van der Waals surface area contributed by atoms with Crippen molar-refractivity contribution in [3.8, 4) is 5.75 Å². The first-order valence-electron chi connectivity index (χ1n) is 9.42. The topological polar surface area (TPSA) is 54.9 Å². The number of benzene rings is 1. The molecule has 1 aliphatic heterocycles. The van der Waals surface area contributed by atoms with Crippen molar-refractivity contribution < 1.29 is 27.4 Å². The van der Waals surface area contributed by atoms with E-state index in [1.54, 1.807) is 25.4 Å². The number of carbonyl (C=O) groups excluding carboxylic acids is 1. The third-order valence-electron chi connectivity index (χ3n) is 5.25. The number of ether oxygens (including phenoxy) is 2. The van der Waals surface area contributed by atoms with Crippen LogP contribution in [-0.4, -0.2) is 54.3 Å². The van der Waals surface area contributed by atoms with E-state index in [2.05, 4.69) is 4.98 Å². The maximum absolute atomic E-state index is 13.5. The van der Waals surface area contributed by atoms with Crippen LogP contribution in [0.4, 0.5) is 13.2 Å². The maximum atomic E-state index is 13.5. The van der Waals surface area contributed by atoms with Gasteiger partial charge in [0, 0.05) is 37.5 Å². The number of pyridine rings is 1. The van der Waals surface area contributed by atoms with Gasteiger partial charge in [-0.15, -0.1) is 0 Å². The summed E-state index contributed by atoms with van der Waals surface area (Å²) in [5.41, 5.74) is 0.763. The molecular weight excluding hydrogens is 399 g/mol. The van der Waals surface area contributed by atoms with Crippen molar-refractivity contribution in [2.45, 2.75) is 32.7 Å². The summed E-state index contributed by atoms with van der Waals surface area (Å²) in [4.78, 5) is 17.7. The molecule has 162 valence electrons. The number of hydrogen-bond donors (Lipinski definition) is 0. The van der Waals surface area contributed by atoms with Crippen molar-refractivity contribution in [3.63, 3.8) is 0 Å². The predicted molar refractivity (Wildman–Crippen MR) is 104 cm³/mol. The fourth-order valence-electron chi connectivity index (χ4n) is 3.49. The molecule has 30 heavy (non-hydrogen) atoms. The predicted octanol–water partition coefficient (Wildman–Crippen LogP) is 3.61. The smallest absolute Gasteiger partial charge is 0.417 e. The Morgan fingerprint density at radius 3 is 2.50 bits per heavy atom. The first-order valence-corrected chi connectivity index (χ1v) is 9.42. The van der Waals surface area contributed by atoms with E-state index in [1.165, 1.54) is 23.2 Å². The summed E-state index contributed by atoms with van der Waals surface area (Å²) in [6.45, 7) is 4.49. The third kappa shape index (κ3) is 4.27. The molecule has 0 saturated carbocycles. The van der Waals surface area contributed by atoms with Gasteiger partial charge in [0.2, 0.25) is 0 Å². The summed E-state index contributed by atoms with van der Waals surface area (Å²) in [5, 5.41) is 2.99. The van der Waals surface area contributed by atoms with Gasteiger partial charge in [-0.3, -0.25) is 14.8 Å². The first-order chi connectivity index (χ1) is 14.2. The molecule has 1 amide bonds. The lowest BCUT2D eigenvalue weighted by atomic mass is 10.1. The molecule has 0 radical (unpaired) electrons. The van der Waals surface area contributed by atoms with Crippen LogP contribution in [0.3, 0.4) is 0 Å². The molecule has 1 saturated heterocycles. The Morgan fingerprint density at radius 2 is 1.90 bits per heavy atom. The molecule has 0 unspecified atom stereocenters. The van der Waals surface area contributed by atoms with Crippen LogP contribution in [0, 0.1) is 13.8 Å². The number of rotatable bonds is 6. The molecule has 1 aromatic heterocycles. The summed E-state index contributed by atoms with van der Waals surface area (Å²) in [7, 11) is 3.10. The third-order valence-corrected chi connectivity index (χ3v) is 5.25. The molecule has 1 aliphatic rings. The largest absolute Gasteiger partial charge is 0.496 e. The number of hydrazine groups is 1. The Labute approximate surface area is 173 Å². The van der Waals surface area contributed by atoms with Crippen molar-refractivity contribution >= 4 is 5.91 Å². The minimum Gasteiger partial charge on any atom is -0.496 e. The van der Waals surface area contributed by atoms with Crippen molar-refractivity contribution in [2.24, 2.45) is 0 Å². The molecule has 9 heteroatoms. The molecule has 6 nitrogen and oxygen atoms in total. The number of aryl methyl sites for hydroxylation is 1. The number of methoxy groups -OCH3 is 2. The molecule has 0 aliphatic carbocycles. The Morgan fingerprint density at radius 1 is 1.23 bits per heavy atom. The lowest BCUT2D eigenvalue weighted by Crippen LogP contribution is -2.61. The van der Waals surface area contributed by atoms with Crippen LogP contribution in [0.1, 0.15) is 32.7 Å². The number of nitrogens with zero attached hydrogens (tertiary/aromatic N) is 3. The Kier molecular flexibility index (Phi) is 6.33. The van der Waals surface area contributed by atoms with Gasteiger partial charge in [0.15, 0.2) is 0 Å². The summed E-state index contributed by atoms with van der Waals surface area (Å²) in [6.07, 6.45) is -3.09. The van der Waals surface area contributed by atoms with E-state index in [0.717, 1.165) is 17.2 Å². The summed E-state index contributed by atoms with van der Waals surface area (Å²) < 4.78 is 51.1. The molecular formula is C21H24F3N3O3. The second kappa shape index (κ2) is 8.61. The van der Waals surface area contributed by atoms with Gasteiger partial charge in [0.1, 0.15) is 5.75 Å². The van der Waals surface area contributed by atoms with Crippen LogP contribution in [0.2, 0.25) is 0 Å². The van der Waals surface area contributed by atoms with Crippen LogP contribution in [0.15, 0.2) is 30.5 Å². The minimum atomic E-state index is -4.64. The second-order valence-electron chi connectivity index (χ2n) is 7.18. The molecule has 2 heterocycles. The molecule has 3 rings (SSSR count). The highest BCUT2D eigenvalue weighted by atomic mass is 19.4. The lowest BCUT2D eigenvalue weighted by molar-refractivity contribution is -0.140. The molecule has 2 aromatic rings. The molecule has 0 spiro atoms. The van der Waals surface area contributed by atoms with Gasteiger partial charge in [-0.1, -0.05) is 12.1 Å². The summed E-state index contributed by atoms with van der Waals surface area (Å²) >= 11 is 0. The Balaban J connectivity index is 1.98. The molecule has 1 aromatic carbocycles. The van der Waals surface area contributed by atoms with Crippen molar-refractivity contribution in [1.29, 1.82) is 0 Å². The molecule has 0 atom stereocenters. The highest BCUT2D eigenvalue weighted by Gasteiger charge is 2.39. The maximum Gasteiger partial charge on any atom is 0.417 e. The average molecular weight is 423 g/mol. The van der Waals surface area contributed by atoms with E-state index in [9.17, 15) is 18.0 Å². The van der Waals surface area contributed by atoms with Crippen LogP contribution >= 0.6 is 0 Å². The number of hydrogen-bond acceptors (Lipinski definition) is 5. The van der Waals surface area contributed by atoms with Crippen LogP contribution < -0.4 is 4.74 Å². The minimum absolute atomic E-state index is 0.0178. The van der Waals surface area contributed by atoms with Gasteiger partial charge in [-0.05, 0) is 26.0 Å². The van der Waals surface area contributed by atoms with Crippen molar-refractivity contribution in [1.82, 2.24) is 15.0 Å². The highest BCUT2D eigenvalue weighted by molar-refractivity contribution is 5.95. The van der Waals surface area contributed by atoms with E-state index in [1.807, 2.05) is 13.8 Å². The quantitative estimate of drug-likeness (QED) is 0.711. The number of amides is 1. The number of halogens is 3. The van der Waals surface area contributed by atoms with E-state index < -0.39 is 23.2 Å². The zero-order valence-corrected chi connectivity index (χ0v) is 17.3. The van der Waals surface area contributed by atoms with E-state index in [4.69, 9.17) is 9.47 Å². The van der Waals surface area contributed by atoms with Crippen LogP contribution in [0.5, 0.6) is 5.75 Å². The number of aromatic nitrogens is 1. The van der Waals surface area contributed by atoms with Crippen LogP contribution in [0.25, 0.3) is 0 Å². The Bertz CT molecular complexity index is 927. The highest BCUT2D eigenvalue weighted by Crippen LogP contribution is 2.33. The Hall–Kier alpha value is -2.65. The van der Waals surface area contributed by atoms with E-state index >= 15 is 0 Å². The van der Waals surface area contributed by atoms with Gasteiger partial charge < -0.3 is 9.47 Å². The van der Waals surface area contributed by atoms with Crippen molar-refractivity contribution in [3.05, 3.63) is 58.4 Å². The monoisotopic (exact) mass is 423 g/mol. The van der Waals surface area contributed by atoms with Crippen molar-refractivity contribution in [2.75, 3.05) is 27.3 Å². The average Bonchev–Trinajstić information content (AvgIpc) is 2.67. The molecule has 0 N–H and O–H groups in total. The van der Waals surface area contributed by atoms with E-state index in [0.29, 0.717) is 24.5 Å². The van der Waals surface area contributed by atoms with Gasteiger partial charge in [0.05, 0.1) is 36.6 Å². The fourth-order valence-corrected chi connectivity index (χ4v) is 3.49. The van der Waals surface area contributed by atoms with E-state index in [-0.39, 0.29) is 12.6 Å². The number of alkyl halides is 3. The normalized spacial score (nSPS) is 15.0. The molecule has 0 bridgehead atoms. The standard InChI is InChI=1S/C21H24F3N3O3/c1-13-9-25-18(14(2)19(13)30-4)12-27(26-10-15(11-26)29-3)20(28)16-7-5-6-8-17(16)21(22,23)24/h5-9,15H,10-12H2,1-4H3. The second-order valence-corrected chi connectivity index (χ2v) is 7.18. The number of carbonyl (C=O) groups is 1. The SMILES string of the molecule is COc1c(C)cnc(CN(C(=O)c2ccccc2C(F)(F)F)N2CC(OC)C2)c1C. The zero-order chi connectivity index (χ0) is 22.1. The lowest BCUT2D eigenvalue weighted by Gasteiger charge is -2.45. The zero-order valence-electron chi connectivity index (χ0n) is 17.3. The van der Waals surface area contributed by atoms with Crippen LogP contribution in [-0.2, 0) is 17.5 Å². The summed E-state index contributed by atoms with van der Waals surface area (Å²) in [5.74, 6) is -0.0975. The molecule has 1 fully saturated rings. The fraction of sp³-hybridized carbons (Fsp3) is 0.429. The van der Waals surface area contributed by atoms with Gasteiger partial charge in [-0.2, -0.15) is 13.2 Å². The van der Waals surface area contributed by atoms with Gasteiger partial charge in [0.25, 0.3) is 5.91 Å².